The summed E-state index contributed by atoms with van der Waals surface area (Å²) in [6, 6.07) is 15.2. The van der Waals surface area contributed by atoms with Crippen molar-refractivity contribution in [3.05, 3.63) is 59.2 Å². The van der Waals surface area contributed by atoms with Gasteiger partial charge >= 0.3 is 0 Å². The summed E-state index contributed by atoms with van der Waals surface area (Å²) in [7, 11) is 1.61. The van der Waals surface area contributed by atoms with E-state index in [2.05, 4.69) is 36.1 Å². The number of methoxy groups -OCH3 is 1. The molecule has 1 unspecified atom stereocenters. The van der Waals surface area contributed by atoms with Gasteiger partial charge in [0.15, 0.2) is 18.1 Å². The molecule has 150 valence electrons. The van der Waals surface area contributed by atoms with Crippen LogP contribution in [0.2, 0.25) is 0 Å². The molecule has 1 atom stereocenters. The molecular formula is C23H30N2O3. The number of benzene rings is 2. The van der Waals surface area contributed by atoms with Gasteiger partial charge in [-0.05, 0) is 49.6 Å². The summed E-state index contributed by atoms with van der Waals surface area (Å²) in [5, 5.41) is 0. The minimum Gasteiger partial charge on any atom is -0.493 e. The molecule has 2 aromatic carbocycles. The molecule has 5 nitrogen and oxygen atoms in total. The highest BCUT2D eigenvalue weighted by atomic mass is 16.5. The van der Waals surface area contributed by atoms with Gasteiger partial charge in [0.2, 0.25) is 0 Å². The van der Waals surface area contributed by atoms with Crippen LogP contribution in [-0.4, -0.2) is 31.1 Å². The Morgan fingerprint density at radius 1 is 1.14 bits per heavy atom. The van der Waals surface area contributed by atoms with Crippen molar-refractivity contribution in [2.75, 3.05) is 20.3 Å². The fourth-order valence-corrected chi connectivity index (χ4v) is 3.92. The largest absolute Gasteiger partial charge is 0.493 e. The first-order chi connectivity index (χ1) is 13.6. The van der Waals surface area contributed by atoms with Gasteiger partial charge in [-0.1, -0.05) is 48.7 Å². The number of carbonyl (C=O) groups excluding carboxylic acids is 1. The fraction of sp³-hybridized carbons (Fsp3) is 0.435. The molecule has 1 saturated heterocycles. The van der Waals surface area contributed by atoms with E-state index >= 15 is 0 Å². The molecule has 0 spiro atoms. The number of primary amides is 1. The van der Waals surface area contributed by atoms with E-state index in [1.165, 1.54) is 42.4 Å². The smallest absolute Gasteiger partial charge is 0.255 e. The standard InChI is InChI=1S/C23H30N2O3/c1-17-7-6-8-19(13-17)20-9-4-3-5-12-25(20)15-18-10-11-21(22(14-18)27-2)28-16-23(24)26/h6-8,10-11,13-14,20H,3-5,9,12,15-16H2,1-2H3,(H2,24,26). The average Bonchev–Trinajstić information content (AvgIpc) is 2.92. The Balaban J connectivity index is 1.80. The van der Waals surface area contributed by atoms with Crippen molar-refractivity contribution in [2.45, 2.75) is 45.2 Å². The molecule has 3 rings (SSSR count). The van der Waals surface area contributed by atoms with Crippen molar-refractivity contribution >= 4 is 5.91 Å². The molecule has 0 radical (unpaired) electrons. The molecular weight excluding hydrogens is 352 g/mol. The Kier molecular flexibility index (Phi) is 6.93. The van der Waals surface area contributed by atoms with Crippen molar-refractivity contribution in [1.82, 2.24) is 4.90 Å². The number of carbonyl (C=O) groups is 1. The lowest BCUT2D eigenvalue weighted by Gasteiger charge is -2.31. The van der Waals surface area contributed by atoms with E-state index in [4.69, 9.17) is 15.2 Å². The zero-order valence-electron chi connectivity index (χ0n) is 16.8. The highest BCUT2D eigenvalue weighted by molar-refractivity contribution is 5.75. The zero-order chi connectivity index (χ0) is 19.9. The number of rotatable bonds is 7. The third kappa shape index (κ3) is 5.26. The number of hydrogen-bond donors (Lipinski definition) is 1. The van der Waals surface area contributed by atoms with Crippen molar-refractivity contribution in [3.63, 3.8) is 0 Å². The third-order valence-electron chi connectivity index (χ3n) is 5.27. The molecule has 28 heavy (non-hydrogen) atoms. The molecule has 1 amide bonds. The van der Waals surface area contributed by atoms with Crippen LogP contribution in [0.15, 0.2) is 42.5 Å². The van der Waals surface area contributed by atoms with Gasteiger partial charge in [0, 0.05) is 12.6 Å². The first-order valence-electron chi connectivity index (χ1n) is 9.95. The SMILES string of the molecule is COc1cc(CN2CCCCCC2c2cccc(C)c2)ccc1OCC(N)=O. The van der Waals surface area contributed by atoms with Crippen LogP contribution < -0.4 is 15.2 Å². The molecule has 2 aromatic rings. The van der Waals surface area contributed by atoms with Crippen molar-refractivity contribution in [2.24, 2.45) is 5.73 Å². The number of nitrogens with two attached hydrogens (primary N) is 1. The van der Waals surface area contributed by atoms with Gasteiger partial charge in [-0.15, -0.1) is 0 Å². The quantitative estimate of drug-likeness (QED) is 0.786. The van der Waals surface area contributed by atoms with Crippen molar-refractivity contribution in [3.8, 4) is 11.5 Å². The number of likely N-dealkylation sites (tertiary alicyclic amines) is 1. The molecule has 0 bridgehead atoms. The first-order valence-corrected chi connectivity index (χ1v) is 9.95. The van der Waals surface area contributed by atoms with E-state index in [0.29, 0.717) is 17.5 Å². The predicted octanol–water partition coefficient (Wildman–Crippen LogP) is 3.99. The lowest BCUT2D eigenvalue weighted by Crippen LogP contribution is -2.28. The van der Waals surface area contributed by atoms with Gasteiger partial charge in [-0.3, -0.25) is 9.69 Å². The summed E-state index contributed by atoms with van der Waals surface area (Å²) in [6.07, 6.45) is 4.94. The second-order valence-electron chi connectivity index (χ2n) is 7.49. The summed E-state index contributed by atoms with van der Waals surface area (Å²) < 4.78 is 10.9. The van der Waals surface area contributed by atoms with Gasteiger partial charge in [-0.2, -0.15) is 0 Å². The van der Waals surface area contributed by atoms with E-state index in [-0.39, 0.29) is 6.61 Å². The second kappa shape index (κ2) is 9.60. The fourth-order valence-electron chi connectivity index (χ4n) is 3.92. The Labute approximate surface area is 167 Å². The Morgan fingerprint density at radius 3 is 2.75 bits per heavy atom. The van der Waals surface area contributed by atoms with Crippen LogP contribution in [0.4, 0.5) is 0 Å². The van der Waals surface area contributed by atoms with Crippen LogP contribution in [0.5, 0.6) is 11.5 Å². The van der Waals surface area contributed by atoms with Crippen molar-refractivity contribution in [1.29, 1.82) is 0 Å². The Bertz CT molecular complexity index is 806. The van der Waals surface area contributed by atoms with Crippen LogP contribution in [0.1, 0.15) is 48.4 Å². The lowest BCUT2D eigenvalue weighted by molar-refractivity contribution is -0.119. The number of ether oxygens (including phenoxy) is 2. The normalized spacial score (nSPS) is 17.7. The average molecular weight is 383 g/mol. The minimum absolute atomic E-state index is 0.155. The van der Waals surface area contributed by atoms with Gasteiger partial charge < -0.3 is 15.2 Å². The van der Waals surface area contributed by atoms with Gasteiger partial charge in [0.05, 0.1) is 7.11 Å². The summed E-state index contributed by atoms with van der Waals surface area (Å²) in [4.78, 5) is 13.5. The van der Waals surface area contributed by atoms with Crippen LogP contribution >= 0.6 is 0 Å². The monoisotopic (exact) mass is 382 g/mol. The van der Waals surface area contributed by atoms with Crippen molar-refractivity contribution < 1.29 is 14.3 Å². The Morgan fingerprint density at radius 2 is 2.00 bits per heavy atom. The molecule has 1 heterocycles. The number of nitrogens with zero attached hydrogens (tertiary/aromatic N) is 1. The topological polar surface area (TPSA) is 64.8 Å². The molecule has 0 aliphatic carbocycles. The van der Waals surface area contributed by atoms with E-state index in [9.17, 15) is 4.79 Å². The zero-order valence-corrected chi connectivity index (χ0v) is 16.8. The van der Waals surface area contributed by atoms with E-state index in [1.807, 2.05) is 18.2 Å². The molecule has 0 saturated carbocycles. The molecule has 5 heteroatoms. The van der Waals surface area contributed by atoms with Gasteiger partial charge in [0.25, 0.3) is 5.91 Å². The molecule has 0 aromatic heterocycles. The summed E-state index contributed by atoms with van der Waals surface area (Å²) in [5.74, 6) is 0.661. The molecule has 1 fully saturated rings. The molecule has 1 aliphatic heterocycles. The number of aryl methyl sites for hydroxylation is 1. The second-order valence-corrected chi connectivity index (χ2v) is 7.49. The maximum atomic E-state index is 11.0. The number of amides is 1. The van der Waals surface area contributed by atoms with Crippen LogP contribution in [0.3, 0.4) is 0 Å². The molecule has 2 N–H and O–H groups in total. The summed E-state index contributed by atoms with van der Waals surface area (Å²) in [6.45, 7) is 3.93. The highest BCUT2D eigenvalue weighted by Gasteiger charge is 2.23. The van der Waals surface area contributed by atoms with Gasteiger partial charge in [-0.25, -0.2) is 0 Å². The lowest BCUT2D eigenvalue weighted by atomic mass is 9.98. The molecule has 1 aliphatic rings. The summed E-state index contributed by atoms with van der Waals surface area (Å²) >= 11 is 0. The van der Waals surface area contributed by atoms with Gasteiger partial charge in [0.1, 0.15) is 0 Å². The van der Waals surface area contributed by atoms with E-state index < -0.39 is 5.91 Å². The predicted molar refractivity (Wildman–Crippen MR) is 110 cm³/mol. The summed E-state index contributed by atoms with van der Waals surface area (Å²) in [5.41, 5.74) is 9.04. The van der Waals surface area contributed by atoms with E-state index in [0.717, 1.165) is 13.1 Å². The Hall–Kier alpha value is -2.53. The van der Waals surface area contributed by atoms with E-state index in [1.54, 1.807) is 7.11 Å². The maximum absolute atomic E-state index is 11.0. The van der Waals surface area contributed by atoms with Crippen LogP contribution in [0, 0.1) is 6.92 Å². The highest BCUT2D eigenvalue weighted by Crippen LogP contribution is 2.34. The maximum Gasteiger partial charge on any atom is 0.255 e. The third-order valence-corrected chi connectivity index (χ3v) is 5.27. The number of hydrogen-bond acceptors (Lipinski definition) is 4. The first kappa shape index (κ1) is 20.2. The minimum atomic E-state index is -0.503. The van der Waals surface area contributed by atoms with Crippen LogP contribution in [0.25, 0.3) is 0 Å². The van der Waals surface area contributed by atoms with Crippen LogP contribution in [-0.2, 0) is 11.3 Å².